The first-order valence-electron chi connectivity index (χ1n) is 4.76. The zero-order valence-corrected chi connectivity index (χ0v) is 8.34. The lowest BCUT2D eigenvalue weighted by Crippen LogP contribution is -2.01. The van der Waals surface area contributed by atoms with E-state index in [1.807, 2.05) is 19.1 Å². The smallest absolute Gasteiger partial charge is 0.119 e. The Kier molecular flexibility index (Phi) is 3.77. The summed E-state index contributed by atoms with van der Waals surface area (Å²) in [6.07, 6.45) is 1.01. The van der Waals surface area contributed by atoms with Crippen LogP contribution in [-0.2, 0) is 13.0 Å². The highest BCUT2D eigenvalue weighted by atomic mass is 16.5. The van der Waals surface area contributed by atoms with Crippen molar-refractivity contribution in [2.24, 2.45) is 5.73 Å². The molecule has 72 valence electrons. The highest BCUT2D eigenvalue weighted by Gasteiger charge is 2.00. The zero-order valence-electron chi connectivity index (χ0n) is 8.34. The summed E-state index contributed by atoms with van der Waals surface area (Å²) < 4.78 is 5.41. The first-order chi connectivity index (χ1) is 6.31. The lowest BCUT2D eigenvalue weighted by atomic mass is 10.1. The minimum atomic E-state index is 0.607. The van der Waals surface area contributed by atoms with Crippen molar-refractivity contribution in [3.8, 4) is 5.75 Å². The molecule has 2 N–H and O–H groups in total. The Bertz CT molecular complexity index is 271. The number of hydrogen-bond acceptors (Lipinski definition) is 2. The first kappa shape index (κ1) is 10.1. The van der Waals surface area contributed by atoms with E-state index in [0.29, 0.717) is 13.2 Å². The molecule has 0 aromatic heterocycles. The Balaban J connectivity index is 2.91. The van der Waals surface area contributed by atoms with Gasteiger partial charge in [0.2, 0.25) is 0 Å². The summed E-state index contributed by atoms with van der Waals surface area (Å²) in [6.45, 7) is 5.44. The van der Waals surface area contributed by atoms with Crippen LogP contribution in [0.4, 0.5) is 0 Å². The van der Waals surface area contributed by atoms with Crippen LogP contribution < -0.4 is 10.5 Å². The van der Waals surface area contributed by atoms with Crippen LogP contribution in [-0.4, -0.2) is 6.61 Å². The minimum Gasteiger partial charge on any atom is -0.494 e. The van der Waals surface area contributed by atoms with Gasteiger partial charge in [-0.05, 0) is 36.6 Å². The summed E-state index contributed by atoms with van der Waals surface area (Å²) in [4.78, 5) is 0. The van der Waals surface area contributed by atoms with Gasteiger partial charge in [-0.15, -0.1) is 0 Å². The average Bonchev–Trinajstić information content (AvgIpc) is 2.18. The topological polar surface area (TPSA) is 35.2 Å². The molecule has 0 aliphatic carbocycles. The van der Waals surface area contributed by atoms with Crippen molar-refractivity contribution in [3.05, 3.63) is 29.3 Å². The third-order valence-electron chi connectivity index (χ3n) is 2.09. The van der Waals surface area contributed by atoms with E-state index in [9.17, 15) is 0 Å². The number of nitrogens with two attached hydrogens (primary N) is 1. The van der Waals surface area contributed by atoms with Crippen LogP contribution in [0.2, 0.25) is 0 Å². The van der Waals surface area contributed by atoms with E-state index in [4.69, 9.17) is 10.5 Å². The van der Waals surface area contributed by atoms with Gasteiger partial charge in [-0.1, -0.05) is 13.0 Å². The van der Waals surface area contributed by atoms with Crippen molar-refractivity contribution in [1.29, 1.82) is 0 Å². The predicted molar refractivity (Wildman–Crippen MR) is 54.9 cm³/mol. The summed E-state index contributed by atoms with van der Waals surface area (Å²) in [6, 6.07) is 6.10. The Hall–Kier alpha value is -1.02. The average molecular weight is 179 g/mol. The van der Waals surface area contributed by atoms with Gasteiger partial charge in [0.05, 0.1) is 6.61 Å². The van der Waals surface area contributed by atoms with Gasteiger partial charge in [0.25, 0.3) is 0 Å². The van der Waals surface area contributed by atoms with Gasteiger partial charge < -0.3 is 10.5 Å². The molecule has 1 aromatic carbocycles. The van der Waals surface area contributed by atoms with E-state index in [0.717, 1.165) is 12.2 Å². The van der Waals surface area contributed by atoms with Crippen LogP contribution in [0, 0.1) is 0 Å². The fourth-order valence-electron chi connectivity index (χ4n) is 1.39. The molecule has 0 amide bonds. The maximum atomic E-state index is 5.61. The molecule has 0 spiro atoms. The molecule has 0 aliphatic heterocycles. The van der Waals surface area contributed by atoms with E-state index in [-0.39, 0.29) is 0 Å². The van der Waals surface area contributed by atoms with Gasteiger partial charge in [0, 0.05) is 6.54 Å². The summed E-state index contributed by atoms with van der Waals surface area (Å²) >= 11 is 0. The van der Waals surface area contributed by atoms with Crippen molar-refractivity contribution in [2.45, 2.75) is 26.8 Å². The molecule has 0 bridgehead atoms. The van der Waals surface area contributed by atoms with Gasteiger partial charge in [0.1, 0.15) is 5.75 Å². The fourth-order valence-corrected chi connectivity index (χ4v) is 1.39. The van der Waals surface area contributed by atoms with Gasteiger partial charge >= 0.3 is 0 Å². The number of hydrogen-bond donors (Lipinski definition) is 1. The molecule has 2 nitrogen and oxygen atoms in total. The molecule has 0 aliphatic rings. The van der Waals surface area contributed by atoms with Crippen molar-refractivity contribution < 1.29 is 4.74 Å². The van der Waals surface area contributed by atoms with E-state index in [1.165, 1.54) is 11.1 Å². The Morgan fingerprint density at radius 3 is 2.54 bits per heavy atom. The highest BCUT2D eigenvalue weighted by molar-refractivity contribution is 5.35. The summed E-state index contributed by atoms with van der Waals surface area (Å²) in [7, 11) is 0. The second-order valence-corrected chi connectivity index (χ2v) is 2.92. The molecular formula is C11H17NO. The number of ether oxygens (including phenoxy) is 1. The van der Waals surface area contributed by atoms with Crippen molar-refractivity contribution >= 4 is 0 Å². The normalized spacial score (nSPS) is 10.1. The Labute approximate surface area is 79.7 Å². The maximum absolute atomic E-state index is 5.61. The number of rotatable bonds is 4. The molecule has 1 aromatic rings. The molecule has 0 saturated heterocycles. The van der Waals surface area contributed by atoms with Crippen LogP contribution in [0.15, 0.2) is 18.2 Å². The summed E-state index contributed by atoms with van der Waals surface area (Å²) in [5.41, 5.74) is 8.11. The van der Waals surface area contributed by atoms with Crippen LogP contribution in [0.3, 0.4) is 0 Å². The van der Waals surface area contributed by atoms with Gasteiger partial charge in [-0.2, -0.15) is 0 Å². The molecule has 0 unspecified atom stereocenters. The van der Waals surface area contributed by atoms with E-state index in [2.05, 4.69) is 13.0 Å². The number of aryl methyl sites for hydroxylation is 1. The molecular weight excluding hydrogens is 162 g/mol. The molecule has 13 heavy (non-hydrogen) atoms. The third-order valence-corrected chi connectivity index (χ3v) is 2.09. The van der Waals surface area contributed by atoms with Gasteiger partial charge in [0.15, 0.2) is 0 Å². The molecule has 0 atom stereocenters. The van der Waals surface area contributed by atoms with Crippen LogP contribution in [0.5, 0.6) is 5.75 Å². The monoisotopic (exact) mass is 179 g/mol. The van der Waals surface area contributed by atoms with Crippen LogP contribution in [0.25, 0.3) is 0 Å². The molecule has 0 radical (unpaired) electrons. The second-order valence-electron chi connectivity index (χ2n) is 2.92. The molecule has 0 fully saturated rings. The summed E-state index contributed by atoms with van der Waals surface area (Å²) in [5, 5.41) is 0. The first-order valence-corrected chi connectivity index (χ1v) is 4.76. The van der Waals surface area contributed by atoms with Gasteiger partial charge in [-0.25, -0.2) is 0 Å². The maximum Gasteiger partial charge on any atom is 0.119 e. The second kappa shape index (κ2) is 4.87. The van der Waals surface area contributed by atoms with E-state index in [1.54, 1.807) is 0 Å². The Morgan fingerprint density at radius 1 is 1.23 bits per heavy atom. The molecule has 1 rings (SSSR count). The van der Waals surface area contributed by atoms with E-state index >= 15 is 0 Å². The van der Waals surface area contributed by atoms with Crippen molar-refractivity contribution in [3.63, 3.8) is 0 Å². The molecule has 0 heterocycles. The van der Waals surface area contributed by atoms with Crippen LogP contribution in [0.1, 0.15) is 25.0 Å². The minimum absolute atomic E-state index is 0.607. The Morgan fingerprint density at radius 2 is 2.00 bits per heavy atom. The fraction of sp³-hybridized carbons (Fsp3) is 0.455. The molecule has 0 saturated carbocycles. The van der Waals surface area contributed by atoms with Gasteiger partial charge in [-0.3, -0.25) is 0 Å². The number of benzene rings is 1. The standard InChI is InChI=1S/C11H17NO/c1-3-9-7-11(13-4-2)6-5-10(9)8-12/h5-7H,3-4,8,12H2,1-2H3. The van der Waals surface area contributed by atoms with Crippen molar-refractivity contribution in [1.82, 2.24) is 0 Å². The zero-order chi connectivity index (χ0) is 9.68. The van der Waals surface area contributed by atoms with Crippen LogP contribution >= 0.6 is 0 Å². The SMILES string of the molecule is CCOc1ccc(CN)c(CC)c1. The van der Waals surface area contributed by atoms with E-state index < -0.39 is 0 Å². The predicted octanol–water partition coefficient (Wildman–Crippen LogP) is 2.11. The van der Waals surface area contributed by atoms with Crippen molar-refractivity contribution in [2.75, 3.05) is 6.61 Å². The third kappa shape index (κ3) is 2.46. The quantitative estimate of drug-likeness (QED) is 0.768. The molecule has 2 heteroatoms. The lowest BCUT2D eigenvalue weighted by Gasteiger charge is -2.08. The highest BCUT2D eigenvalue weighted by Crippen LogP contribution is 2.18. The largest absolute Gasteiger partial charge is 0.494 e. The lowest BCUT2D eigenvalue weighted by molar-refractivity contribution is 0.340. The summed E-state index contributed by atoms with van der Waals surface area (Å²) in [5.74, 6) is 0.941.